The Kier molecular flexibility index (Phi) is 5.40. The third-order valence-corrected chi connectivity index (χ3v) is 5.42. The molecular formula is C13H24O3Si. The number of esters is 1. The molecule has 0 heterocycles. The van der Waals surface area contributed by atoms with E-state index < -0.39 is 8.32 Å². The van der Waals surface area contributed by atoms with E-state index in [2.05, 4.69) is 20.0 Å². The van der Waals surface area contributed by atoms with E-state index in [0.717, 1.165) is 6.42 Å². The summed E-state index contributed by atoms with van der Waals surface area (Å²) < 4.78 is 11.3. The molecule has 98 valence electrons. The van der Waals surface area contributed by atoms with Gasteiger partial charge >= 0.3 is 5.97 Å². The summed E-state index contributed by atoms with van der Waals surface area (Å²) in [5, 5.41) is 0. The van der Waals surface area contributed by atoms with E-state index in [4.69, 9.17) is 9.16 Å². The van der Waals surface area contributed by atoms with Crippen LogP contribution in [0.5, 0.6) is 0 Å². The van der Waals surface area contributed by atoms with Crippen molar-refractivity contribution in [2.75, 3.05) is 0 Å². The molecule has 1 aliphatic carbocycles. The van der Waals surface area contributed by atoms with E-state index in [9.17, 15) is 4.79 Å². The number of rotatable bonds is 6. The van der Waals surface area contributed by atoms with Crippen LogP contribution >= 0.6 is 0 Å². The zero-order valence-electron chi connectivity index (χ0n) is 11.4. The lowest BCUT2D eigenvalue weighted by Gasteiger charge is -2.26. The van der Waals surface area contributed by atoms with Crippen LogP contribution in [-0.4, -0.2) is 26.5 Å². The monoisotopic (exact) mass is 256 g/mol. The van der Waals surface area contributed by atoms with E-state index in [0.29, 0.717) is 0 Å². The van der Waals surface area contributed by atoms with E-state index in [-0.39, 0.29) is 18.2 Å². The lowest BCUT2D eigenvalue weighted by atomic mass is 10.3. The molecule has 0 spiro atoms. The van der Waals surface area contributed by atoms with Crippen LogP contribution in [0, 0.1) is 0 Å². The molecule has 2 atom stereocenters. The summed E-state index contributed by atoms with van der Waals surface area (Å²) in [5.74, 6) is -0.220. The van der Waals surface area contributed by atoms with Gasteiger partial charge in [-0.3, -0.25) is 4.79 Å². The second kappa shape index (κ2) is 6.35. The summed E-state index contributed by atoms with van der Waals surface area (Å²) in [5.41, 5.74) is 0. The number of carbonyl (C=O) groups is 1. The van der Waals surface area contributed by atoms with Gasteiger partial charge in [-0.05, 0) is 25.2 Å². The second-order valence-electron chi connectivity index (χ2n) is 5.29. The van der Waals surface area contributed by atoms with Crippen LogP contribution in [0.3, 0.4) is 0 Å². The average molecular weight is 256 g/mol. The van der Waals surface area contributed by atoms with Gasteiger partial charge < -0.3 is 9.16 Å². The Hall–Kier alpha value is -0.613. The summed E-state index contributed by atoms with van der Waals surface area (Å²) >= 11 is 0. The predicted octanol–water partition coefficient (Wildman–Crippen LogP) is 3.27. The normalized spacial score (nSPS) is 24.0. The Labute approximate surface area is 105 Å². The number of carbonyl (C=O) groups excluding carboxylic acids is 1. The second-order valence-corrected chi connectivity index (χ2v) is 9.54. The molecule has 0 amide bonds. The summed E-state index contributed by atoms with van der Waals surface area (Å²) in [7, 11) is -1.55. The van der Waals surface area contributed by atoms with Gasteiger partial charge in [0.1, 0.15) is 6.10 Å². The van der Waals surface area contributed by atoms with Gasteiger partial charge in [0.2, 0.25) is 0 Å². The molecule has 0 aliphatic heterocycles. The lowest BCUT2D eigenvalue weighted by molar-refractivity contribution is -0.144. The minimum atomic E-state index is -1.55. The van der Waals surface area contributed by atoms with Gasteiger partial charge in [-0.2, -0.15) is 0 Å². The highest BCUT2D eigenvalue weighted by Crippen LogP contribution is 2.24. The predicted molar refractivity (Wildman–Crippen MR) is 71.4 cm³/mol. The molecule has 3 nitrogen and oxygen atoms in total. The molecule has 0 saturated heterocycles. The summed E-state index contributed by atoms with van der Waals surface area (Å²) in [6.45, 7) is 8.17. The van der Waals surface area contributed by atoms with Crippen molar-refractivity contribution in [2.24, 2.45) is 0 Å². The summed E-state index contributed by atoms with van der Waals surface area (Å²) in [4.78, 5) is 10.8. The van der Waals surface area contributed by atoms with E-state index in [1.807, 2.05) is 12.2 Å². The Bertz CT molecular complexity index is 286. The Morgan fingerprint density at radius 2 is 2.00 bits per heavy atom. The van der Waals surface area contributed by atoms with Gasteiger partial charge in [0.05, 0.1) is 6.10 Å². The van der Waals surface area contributed by atoms with Gasteiger partial charge in [0.25, 0.3) is 0 Å². The smallest absolute Gasteiger partial charge is 0.303 e. The molecule has 0 bridgehead atoms. The largest absolute Gasteiger partial charge is 0.458 e. The first-order valence-corrected chi connectivity index (χ1v) is 9.58. The number of hydrogen-bond acceptors (Lipinski definition) is 3. The van der Waals surface area contributed by atoms with Crippen molar-refractivity contribution in [1.29, 1.82) is 0 Å². The van der Waals surface area contributed by atoms with Crippen LogP contribution in [-0.2, 0) is 14.0 Å². The lowest BCUT2D eigenvalue weighted by Crippen LogP contribution is -2.34. The zero-order chi connectivity index (χ0) is 12.9. The standard InChI is InChI=1S/C13H24O3Si/c1-5-6-9-17(3,4)16-13-8-7-12(10-13)15-11(2)14/h7-8,12-13H,5-6,9-10H2,1-4H3. The number of unbranched alkanes of at least 4 members (excludes halogenated alkanes) is 1. The van der Waals surface area contributed by atoms with Crippen LogP contribution in [0.2, 0.25) is 19.1 Å². The van der Waals surface area contributed by atoms with Crippen LogP contribution in [0.4, 0.5) is 0 Å². The van der Waals surface area contributed by atoms with Gasteiger partial charge in [-0.1, -0.05) is 25.8 Å². The zero-order valence-corrected chi connectivity index (χ0v) is 12.4. The Balaban J connectivity index is 2.34. The van der Waals surface area contributed by atoms with Crippen molar-refractivity contribution in [2.45, 2.75) is 64.5 Å². The minimum Gasteiger partial charge on any atom is -0.458 e. The highest BCUT2D eigenvalue weighted by atomic mass is 28.4. The number of ether oxygens (including phenoxy) is 1. The minimum absolute atomic E-state index is 0.0894. The average Bonchev–Trinajstić information content (AvgIpc) is 2.60. The third-order valence-electron chi connectivity index (χ3n) is 2.93. The highest BCUT2D eigenvalue weighted by molar-refractivity contribution is 6.71. The first kappa shape index (κ1) is 14.4. The van der Waals surface area contributed by atoms with Gasteiger partial charge in [-0.25, -0.2) is 0 Å². The maximum atomic E-state index is 10.8. The molecule has 0 saturated carbocycles. The van der Waals surface area contributed by atoms with Crippen LogP contribution in [0.1, 0.15) is 33.1 Å². The molecule has 0 radical (unpaired) electrons. The van der Waals surface area contributed by atoms with Crippen molar-refractivity contribution in [3.05, 3.63) is 12.2 Å². The maximum Gasteiger partial charge on any atom is 0.303 e. The Morgan fingerprint density at radius 1 is 1.35 bits per heavy atom. The van der Waals surface area contributed by atoms with Crippen molar-refractivity contribution in [3.8, 4) is 0 Å². The molecular weight excluding hydrogens is 232 g/mol. The van der Waals surface area contributed by atoms with Crippen molar-refractivity contribution in [1.82, 2.24) is 0 Å². The fourth-order valence-corrected chi connectivity index (χ4v) is 4.41. The van der Waals surface area contributed by atoms with E-state index in [1.165, 1.54) is 25.8 Å². The first-order chi connectivity index (χ1) is 7.93. The van der Waals surface area contributed by atoms with E-state index in [1.54, 1.807) is 0 Å². The summed E-state index contributed by atoms with van der Waals surface area (Å²) in [6.07, 6.45) is 7.26. The molecule has 4 heteroatoms. The molecule has 1 rings (SSSR count). The third kappa shape index (κ3) is 5.50. The molecule has 0 aromatic rings. The van der Waals surface area contributed by atoms with Crippen LogP contribution in [0.25, 0.3) is 0 Å². The SMILES string of the molecule is CCCC[Si](C)(C)OC1C=CC(OC(C)=O)C1. The topological polar surface area (TPSA) is 35.5 Å². The van der Waals surface area contributed by atoms with Gasteiger partial charge in [0.15, 0.2) is 8.32 Å². The molecule has 0 fully saturated rings. The quantitative estimate of drug-likeness (QED) is 0.416. The molecule has 2 unspecified atom stereocenters. The molecule has 0 N–H and O–H groups in total. The highest BCUT2D eigenvalue weighted by Gasteiger charge is 2.29. The molecule has 0 aromatic carbocycles. The van der Waals surface area contributed by atoms with Crippen molar-refractivity contribution >= 4 is 14.3 Å². The van der Waals surface area contributed by atoms with Gasteiger partial charge in [0, 0.05) is 13.3 Å². The number of hydrogen-bond donors (Lipinski definition) is 0. The Morgan fingerprint density at radius 3 is 2.59 bits per heavy atom. The summed E-state index contributed by atoms with van der Waals surface area (Å²) in [6, 6.07) is 1.20. The van der Waals surface area contributed by atoms with Crippen molar-refractivity contribution < 1.29 is 14.0 Å². The molecule has 17 heavy (non-hydrogen) atoms. The first-order valence-electron chi connectivity index (χ1n) is 6.46. The van der Waals surface area contributed by atoms with Crippen LogP contribution < -0.4 is 0 Å². The molecule has 0 aromatic heterocycles. The fraction of sp³-hybridized carbons (Fsp3) is 0.769. The maximum absolute atomic E-state index is 10.8. The van der Waals surface area contributed by atoms with Crippen molar-refractivity contribution in [3.63, 3.8) is 0 Å². The van der Waals surface area contributed by atoms with Crippen LogP contribution in [0.15, 0.2) is 12.2 Å². The van der Waals surface area contributed by atoms with E-state index >= 15 is 0 Å². The van der Waals surface area contributed by atoms with Gasteiger partial charge in [-0.15, -0.1) is 0 Å². The molecule has 1 aliphatic rings. The fourth-order valence-electron chi connectivity index (χ4n) is 2.09.